The number of benzene rings is 1. The molecule has 4 aromatic rings. The van der Waals surface area contributed by atoms with Crippen molar-refractivity contribution >= 4 is 39.6 Å². The number of thiophene rings is 1. The largest absolute Gasteiger partial charge is 0.347 e. The van der Waals surface area contributed by atoms with Crippen molar-refractivity contribution < 1.29 is 9.59 Å². The molecular weight excluding hydrogens is 490 g/mol. The lowest BCUT2D eigenvalue weighted by molar-refractivity contribution is 0.0954. The number of nitrogens with one attached hydrogen (secondary N) is 2. The molecule has 0 bridgehead atoms. The molecule has 3 aromatic heterocycles. The van der Waals surface area contributed by atoms with E-state index in [2.05, 4.69) is 39.6 Å². The highest BCUT2D eigenvalue weighted by molar-refractivity contribution is 7.17. The zero-order valence-electron chi connectivity index (χ0n) is 20.2. The number of pyridine rings is 1. The summed E-state index contributed by atoms with van der Waals surface area (Å²) in [6.07, 6.45) is 6.47. The number of nitrogens with zero attached hydrogens (tertiary/aromatic N) is 3. The van der Waals surface area contributed by atoms with Crippen LogP contribution in [0.5, 0.6) is 0 Å². The number of thiazole rings is 1. The van der Waals surface area contributed by atoms with E-state index in [9.17, 15) is 9.59 Å². The zero-order chi connectivity index (χ0) is 25.1. The first-order valence-corrected chi connectivity index (χ1v) is 13.4. The van der Waals surface area contributed by atoms with Crippen molar-refractivity contribution in [1.82, 2.24) is 20.2 Å². The molecule has 0 aliphatic heterocycles. The quantitative estimate of drug-likeness (QED) is 0.365. The summed E-state index contributed by atoms with van der Waals surface area (Å²) in [6.45, 7) is 0.333. The van der Waals surface area contributed by atoms with Gasteiger partial charge >= 0.3 is 0 Å². The first-order chi connectivity index (χ1) is 17.5. The molecule has 0 saturated carbocycles. The Morgan fingerprint density at radius 1 is 1.06 bits per heavy atom. The fourth-order valence-electron chi connectivity index (χ4n) is 4.24. The maximum Gasteiger partial charge on any atom is 0.261 e. The lowest BCUT2D eigenvalue weighted by Gasteiger charge is -2.27. The van der Waals surface area contributed by atoms with Crippen LogP contribution in [0.25, 0.3) is 10.4 Å². The zero-order valence-corrected chi connectivity index (χ0v) is 21.8. The van der Waals surface area contributed by atoms with Gasteiger partial charge in [0.2, 0.25) is 0 Å². The van der Waals surface area contributed by atoms with Gasteiger partial charge in [-0.05, 0) is 80.9 Å². The molecule has 5 rings (SSSR count). The highest BCUT2D eigenvalue weighted by atomic mass is 32.1. The Kier molecular flexibility index (Phi) is 7.22. The van der Waals surface area contributed by atoms with Crippen LogP contribution in [-0.2, 0) is 19.4 Å². The van der Waals surface area contributed by atoms with Gasteiger partial charge in [0.15, 0.2) is 5.13 Å². The molecule has 9 heteroatoms. The predicted molar refractivity (Wildman–Crippen MR) is 145 cm³/mol. The number of hydrogen-bond acceptors (Lipinski definition) is 7. The average Bonchev–Trinajstić information content (AvgIpc) is 3.54. The molecule has 3 heterocycles. The van der Waals surface area contributed by atoms with Gasteiger partial charge in [0, 0.05) is 40.3 Å². The van der Waals surface area contributed by atoms with Gasteiger partial charge in [-0.15, -0.1) is 22.7 Å². The standard InChI is InChI=1S/C27H27N5O2S2/c1-32(2)20-6-7-21-24(15-20)36-27(30-21)31-25(33)19-5-3-4-17(14-19)16-29-26(34)23-9-8-22(35-23)18-10-12-28-13-11-18/h3-5,8-14,20H,6-7,15-16H2,1-2H3,(H,29,34)(H,30,31,33)/t20-/m0/s1. The monoisotopic (exact) mass is 517 g/mol. The first-order valence-electron chi connectivity index (χ1n) is 11.8. The molecular formula is C27H27N5O2S2. The van der Waals surface area contributed by atoms with Crippen LogP contribution >= 0.6 is 22.7 Å². The van der Waals surface area contributed by atoms with Crippen molar-refractivity contribution in [2.75, 3.05) is 19.4 Å². The Hall–Kier alpha value is -3.40. The lowest BCUT2D eigenvalue weighted by Crippen LogP contribution is -2.32. The number of amides is 2. The number of rotatable bonds is 7. The van der Waals surface area contributed by atoms with Crippen LogP contribution in [0.15, 0.2) is 60.9 Å². The average molecular weight is 518 g/mol. The predicted octanol–water partition coefficient (Wildman–Crippen LogP) is 4.87. The SMILES string of the molecule is CN(C)[C@H]1CCc2nc(NC(=O)c3cccc(CNC(=O)c4ccc(-c5ccncc5)s4)c3)sc2C1. The Labute approximate surface area is 218 Å². The minimum absolute atomic E-state index is 0.139. The van der Waals surface area contributed by atoms with Gasteiger partial charge in [0.05, 0.1) is 10.6 Å². The summed E-state index contributed by atoms with van der Waals surface area (Å²) >= 11 is 3.01. The summed E-state index contributed by atoms with van der Waals surface area (Å²) in [5.41, 5.74) is 3.53. The Balaban J connectivity index is 1.19. The summed E-state index contributed by atoms with van der Waals surface area (Å²) in [6, 6.07) is 15.4. The third-order valence-electron chi connectivity index (χ3n) is 6.30. The van der Waals surface area contributed by atoms with Gasteiger partial charge in [-0.2, -0.15) is 0 Å². The minimum atomic E-state index is -0.196. The van der Waals surface area contributed by atoms with E-state index in [1.807, 2.05) is 42.5 Å². The lowest BCUT2D eigenvalue weighted by atomic mass is 9.97. The smallest absolute Gasteiger partial charge is 0.261 e. The van der Waals surface area contributed by atoms with Crippen molar-refractivity contribution in [3.8, 4) is 10.4 Å². The van der Waals surface area contributed by atoms with Crippen LogP contribution in [0.2, 0.25) is 0 Å². The second-order valence-corrected chi connectivity index (χ2v) is 11.2. The minimum Gasteiger partial charge on any atom is -0.347 e. The van der Waals surface area contributed by atoms with E-state index in [0.29, 0.717) is 28.2 Å². The molecule has 2 amide bonds. The van der Waals surface area contributed by atoms with Crippen molar-refractivity contribution in [2.45, 2.75) is 31.8 Å². The fourth-order valence-corrected chi connectivity index (χ4v) is 6.25. The number of carbonyl (C=O) groups excluding carboxylic acids is 2. The summed E-state index contributed by atoms with van der Waals surface area (Å²) in [5, 5.41) is 6.56. The Bertz CT molecular complexity index is 1380. The van der Waals surface area contributed by atoms with Crippen molar-refractivity contribution in [3.63, 3.8) is 0 Å². The van der Waals surface area contributed by atoms with Gasteiger partial charge in [-0.3, -0.25) is 19.9 Å². The number of anilines is 1. The van der Waals surface area contributed by atoms with E-state index in [1.165, 1.54) is 16.2 Å². The van der Waals surface area contributed by atoms with E-state index in [1.54, 1.807) is 29.8 Å². The molecule has 0 spiro atoms. The van der Waals surface area contributed by atoms with Crippen LogP contribution in [0, 0.1) is 0 Å². The number of likely N-dealkylation sites (N-methyl/N-ethyl adjacent to an activating group) is 1. The van der Waals surface area contributed by atoms with E-state index < -0.39 is 0 Å². The molecule has 184 valence electrons. The third kappa shape index (κ3) is 5.53. The third-order valence-corrected chi connectivity index (χ3v) is 8.47. The normalized spacial score (nSPS) is 14.9. The number of fused-ring (bicyclic) bond motifs is 1. The van der Waals surface area contributed by atoms with Gasteiger partial charge in [0.1, 0.15) is 0 Å². The second kappa shape index (κ2) is 10.7. The maximum atomic E-state index is 12.9. The van der Waals surface area contributed by atoms with Gasteiger partial charge in [-0.25, -0.2) is 4.98 Å². The summed E-state index contributed by atoms with van der Waals surface area (Å²) in [7, 11) is 4.21. The number of aromatic nitrogens is 2. The molecule has 0 unspecified atom stereocenters. The Morgan fingerprint density at radius 2 is 1.89 bits per heavy atom. The fraction of sp³-hybridized carbons (Fsp3) is 0.259. The summed E-state index contributed by atoms with van der Waals surface area (Å²) in [5.74, 6) is -0.335. The van der Waals surface area contributed by atoms with E-state index in [4.69, 9.17) is 0 Å². The van der Waals surface area contributed by atoms with Crippen LogP contribution in [0.1, 0.15) is 42.6 Å². The molecule has 1 aromatic carbocycles. The number of carbonyl (C=O) groups is 2. The first kappa shape index (κ1) is 24.3. The van der Waals surface area contributed by atoms with Crippen LogP contribution in [0.4, 0.5) is 5.13 Å². The molecule has 7 nitrogen and oxygen atoms in total. The maximum absolute atomic E-state index is 12.9. The number of aryl methyl sites for hydroxylation is 1. The molecule has 1 aliphatic rings. The second-order valence-electron chi connectivity index (χ2n) is 8.99. The van der Waals surface area contributed by atoms with Gasteiger partial charge in [-0.1, -0.05) is 12.1 Å². The molecule has 0 saturated heterocycles. The van der Waals surface area contributed by atoms with Crippen molar-refractivity contribution in [3.05, 3.63) is 87.5 Å². The van der Waals surface area contributed by atoms with Gasteiger partial charge in [0.25, 0.3) is 11.8 Å². The topological polar surface area (TPSA) is 87.2 Å². The van der Waals surface area contributed by atoms with E-state index in [-0.39, 0.29) is 11.8 Å². The number of hydrogen-bond donors (Lipinski definition) is 2. The molecule has 1 aliphatic carbocycles. The highest BCUT2D eigenvalue weighted by Gasteiger charge is 2.24. The van der Waals surface area contributed by atoms with E-state index >= 15 is 0 Å². The molecule has 36 heavy (non-hydrogen) atoms. The van der Waals surface area contributed by atoms with Crippen molar-refractivity contribution in [1.29, 1.82) is 0 Å². The van der Waals surface area contributed by atoms with Crippen molar-refractivity contribution in [2.24, 2.45) is 0 Å². The van der Waals surface area contributed by atoms with E-state index in [0.717, 1.165) is 41.0 Å². The molecule has 0 fully saturated rings. The Morgan fingerprint density at radius 3 is 2.69 bits per heavy atom. The highest BCUT2D eigenvalue weighted by Crippen LogP contribution is 2.31. The van der Waals surface area contributed by atoms with Gasteiger partial charge < -0.3 is 10.2 Å². The molecule has 1 atom stereocenters. The molecule has 0 radical (unpaired) electrons. The van der Waals surface area contributed by atoms with Crippen LogP contribution in [0.3, 0.4) is 0 Å². The van der Waals surface area contributed by atoms with Crippen LogP contribution < -0.4 is 10.6 Å². The summed E-state index contributed by atoms with van der Waals surface area (Å²) in [4.78, 5) is 39.4. The molecule has 2 N–H and O–H groups in total. The van der Waals surface area contributed by atoms with Crippen LogP contribution in [-0.4, -0.2) is 46.8 Å². The summed E-state index contributed by atoms with van der Waals surface area (Å²) < 4.78 is 0.